The molecule has 0 saturated heterocycles. The molecule has 9 nitrogen and oxygen atoms in total. The van der Waals surface area contributed by atoms with Crippen molar-refractivity contribution < 1.29 is 32.3 Å². The van der Waals surface area contributed by atoms with E-state index in [0.29, 0.717) is 16.9 Å². The number of methoxy groups -OCH3 is 1. The topological polar surface area (TPSA) is 134 Å². The maximum atomic E-state index is 12.5. The number of carbonyl (C=O) groups excluding carboxylic acids is 2. The number of nitrogens with zero attached hydrogens (tertiary/aromatic N) is 1. The van der Waals surface area contributed by atoms with E-state index in [9.17, 15) is 18.0 Å². The van der Waals surface area contributed by atoms with Crippen molar-refractivity contribution in [2.45, 2.75) is 25.7 Å². The second-order valence-corrected chi connectivity index (χ2v) is 6.96. The molecule has 0 radical (unpaired) electrons. The van der Waals surface area contributed by atoms with Gasteiger partial charge in [-0.05, 0) is 44.0 Å². The predicted molar refractivity (Wildman–Crippen MR) is 88.9 cm³/mol. The van der Waals surface area contributed by atoms with E-state index in [0.717, 1.165) is 0 Å². The first-order chi connectivity index (χ1) is 11.6. The van der Waals surface area contributed by atoms with Crippen molar-refractivity contribution in [3.8, 4) is 5.75 Å². The van der Waals surface area contributed by atoms with E-state index in [4.69, 9.17) is 10.5 Å². The summed E-state index contributed by atoms with van der Waals surface area (Å²) < 4.78 is 34.6. The van der Waals surface area contributed by atoms with Crippen LogP contribution in [-0.4, -0.2) is 45.7 Å². The Hall–Kier alpha value is -2.62. The second kappa shape index (κ2) is 8.47. The summed E-state index contributed by atoms with van der Waals surface area (Å²) >= 11 is 0. The van der Waals surface area contributed by atoms with Crippen molar-refractivity contribution in [1.82, 2.24) is 0 Å². The number of sulfone groups is 1. The van der Waals surface area contributed by atoms with Gasteiger partial charge in [0, 0.05) is 0 Å². The summed E-state index contributed by atoms with van der Waals surface area (Å²) in [7, 11) is -2.37. The normalized spacial score (nSPS) is 11.8. The Morgan fingerprint density at radius 3 is 2.20 bits per heavy atom. The van der Waals surface area contributed by atoms with Gasteiger partial charge in [-0.25, -0.2) is 18.0 Å². The lowest BCUT2D eigenvalue weighted by molar-refractivity contribution is -0.167. The SMILES string of the molecule is CCOC(=O)C(=O)O/N=C(\N)CS(=O)(=O)c1c(C)cc(OC)cc1C. The molecular formula is C15H20N2O7S. The molecule has 10 heteroatoms. The molecule has 0 heterocycles. The lowest BCUT2D eigenvalue weighted by Crippen LogP contribution is -2.26. The van der Waals surface area contributed by atoms with Gasteiger partial charge in [-0.15, -0.1) is 0 Å². The molecule has 0 aliphatic heterocycles. The summed E-state index contributed by atoms with van der Waals surface area (Å²) in [6.07, 6.45) is 0. The highest BCUT2D eigenvalue weighted by Gasteiger charge is 2.23. The molecule has 1 aromatic carbocycles. The van der Waals surface area contributed by atoms with Crippen LogP contribution in [0.1, 0.15) is 18.1 Å². The summed E-state index contributed by atoms with van der Waals surface area (Å²) in [5.74, 6) is -3.27. The van der Waals surface area contributed by atoms with Crippen LogP contribution in [0.15, 0.2) is 22.2 Å². The zero-order chi connectivity index (χ0) is 19.2. The largest absolute Gasteiger partial charge is 0.497 e. The molecule has 0 unspecified atom stereocenters. The van der Waals surface area contributed by atoms with Crippen molar-refractivity contribution in [1.29, 1.82) is 0 Å². The van der Waals surface area contributed by atoms with Crippen LogP contribution in [0, 0.1) is 13.8 Å². The van der Waals surface area contributed by atoms with Gasteiger partial charge >= 0.3 is 11.9 Å². The third-order valence-electron chi connectivity index (χ3n) is 3.01. The molecule has 2 N–H and O–H groups in total. The summed E-state index contributed by atoms with van der Waals surface area (Å²) in [5.41, 5.74) is 6.45. The van der Waals surface area contributed by atoms with E-state index >= 15 is 0 Å². The summed E-state index contributed by atoms with van der Waals surface area (Å²) in [6, 6.07) is 3.15. The standard InChI is InChI=1S/C15H20N2O7S/c1-5-23-14(18)15(19)24-17-12(16)8-25(20,21)13-9(2)6-11(22-4)7-10(13)3/h6-7H,5,8H2,1-4H3,(H2,16,17). The van der Waals surface area contributed by atoms with E-state index in [1.807, 2.05) is 0 Å². The predicted octanol–water partition coefficient (Wildman–Crippen LogP) is 0.464. The first-order valence-corrected chi connectivity index (χ1v) is 8.86. The summed E-state index contributed by atoms with van der Waals surface area (Å²) in [4.78, 5) is 26.7. The molecule has 0 aromatic heterocycles. The smallest absolute Gasteiger partial charge is 0.443 e. The van der Waals surface area contributed by atoms with Gasteiger partial charge in [-0.1, -0.05) is 5.16 Å². The van der Waals surface area contributed by atoms with Gasteiger partial charge in [-0.3, -0.25) is 0 Å². The number of hydrogen-bond donors (Lipinski definition) is 1. The van der Waals surface area contributed by atoms with Crippen LogP contribution in [-0.2, 0) is 29.0 Å². The fraction of sp³-hybridized carbons (Fsp3) is 0.400. The molecule has 1 rings (SSSR count). The Labute approximate surface area is 145 Å². The van der Waals surface area contributed by atoms with Crippen molar-refractivity contribution in [3.05, 3.63) is 23.3 Å². The maximum absolute atomic E-state index is 12.5. The van der Waals surface area contributed by atoms with Crippen LogP contribution in [0.5, 0.6) is 5.75 Å². The molecule has 25 heavy (non-hydrogen) atoms. The zero-order valence-corrected chi connectivity index (χ0v) is 15.2. The average Bonchev–Trinajstić information content (AvgIpc) is 2.51. The van der Waals surface area contributed by atoms with E-state index < -0.39 is 33.4 Å². The van der Waals surface area contributed by atoms with Crippen LogP contribution >= 0.6 is 0 Å². The van der Waals surface area contributed by atoms with Crippen LogP contribution in [0.4, 0.5) is 0 Å². The molecule has 0 aliphatic rings. The molecule has 0 amide bonds. The number of benzene rings is 1. The summed E-state index contributed by atoms with van der Waals surface area (Å²) in [6.45, 7) is 4.74. The van der Waals surface area contributed by atoms with E-state index in [-0.39, 0.29) is 11.5 Å². The summed E-state index contributed by atoms with van der Waals surface area (Å²) in [5, 5.41) is 3.17. The molecule has 0 spiro atoms. The average molecular weight is 372 g/mol. The van der Waals surface area contributed by atoms with Gasteiger partial charge in [-0.2, -0.15) is 0 Å². The fourth-order valence-corrected chi connectivity index (χ4v) is 3.82. The Morgan fingerprint density at radius 2 is 1.72 bits per heavy atom. The molecule has 0 atom stereocenters. The minimum Gasteiger partial charge on any atom is -0.497 e. The molecule has 138 valence electrons. The first kappa shape index (κ1) is 20.4. The zero-order valence-electron chi connectivity index (χ0n) is 14.4. The number of oxime groups is 1. The minimum absolute atomic E-state index is 0.0163. The molecule has 0 aliphatic carbocycles. The van der Waals surface area contributed by atoms with Gasteiger partial charge in [0.05, 0.1) is 18.6 Å². The highest BCUT2D eigenvalue weighted by molar-refractivity contribution is 7.92. The number of ether oxygens (including phenoxy) is 2. The molecule has 0 fully saturated rings. The molecular weight excluding hydrogens is 352 g/mol. The van der Waals surface area contributed by atoms with Gasteiger partial charge in [0.15, 0.2) is 15.7 Å². The highest BCUT2D eigenvalue weighted by Crippen LogP contribution is 2.26. The van der Waals surface area contributed by atoms with Crippen molar-refractivity contribution >= 4 is 27.6 Å². The quantitative estimate of drug-likeness (QED) is 0.190. The van der Waals surface area contributed by atoms with Crippen molar-refractivity contribution in [2.24, 2.45) is 10.9 Å². The van der Waals surface area contributed by atoms with Crippen LogP contribution in [0.25, 0.3) is 0 Å². The monoisotopic (exact) mass is 372 g/mol. The second-order valence-electron chi connectivity index (χ2n) is 5.03. The molecule has 0 saturated carbocycles. The van der Waals surface area contributed by atoms with Gasteiger partial charge in [0.2, 0.25) is 0 Å². The van der Waals surface area contributed by atoms with Crippen LogP contribution in [0.3, 0.4) is 0 Å². The molecule has 1 aromatic rings. The van der Waals surface area contributed by atoms with Gasteiger partial charge in [0.1, 0.15) is 11.5 Å². The maximum Gasteiger partial charge on any atom is 0.443 e. The Morgan fingerprint density at radius 1 is 1.16 bits per heavy atom. The number of esters is 1. The number of aryl methyl sites for hydroxylation is 2. The Bertz CT molecular complexity index is 777. The minimum atomic E-state index is -3.84. The van der Waals surface area contributed by atoms with E-state index in [1.165, 1.54) is 14.0 Å². The third-order valence-corrected chi connectivity index (χ3v) is 4.95. The van der Waals surface area contributed by atoms with Gasteiger partial charge in [0.25, 0.3) is 0 Å². The number of rotatable bonds is 6. The Balaban J connectivity index is 2.96. The highest BCUT2D eigenvalue weighted by atomic mass is 32.2. The first-order valence-electron chi connectivity index (χ1n) is 7.20. The van der Waals surface area contributed by atoms with E-state index in [1.54, 1.807) is 26.0 Å². The van der Waals surface area contributed by atoms with Crippen molar-refractivity contribution in [2.75, 3.05) is 19.5 Å². The third kappa shape index (κ3) is 5.45. The number of carbonyl (C=O) groups is 2. The fourth-order valence-electron chi connectivity index (χ4n) is 2.14. The van der Waals surface area contributed by atoms with Crippen LogP contribution in [0.2, 0.25) is 0 Å². The van der Waals surface area contributed by atoms with Gasteiger partial charge < -0.3 is 20.0 Å². The molecule has 0 bridgehead atoms. The number of nitrogens with two attached hydrogens (primary N) is 1. The van der Waals surface area contributed by atoms with Crippen LogP contribution < -0.4 is 10.5 Å². The lowest BCUT2D eigenvalue weighted by atomic mass is 10.1. The number of amidine groups is 1. The number of hydrogen-bond acceptors (Lipinski definition) is 8. The van der Waals surface area contributed by atoms with E-state index in [2.05, 4.69) is 14.7 Å². The lowest BCUT2D eigenvalue weighted by Gasteiger charge is -2.12. The van der Waals surface area contributed by atoms with Crippen molar-refractivity contribution in [3.63, 3.8) is 0 Å². The Kier molecular flexibility index (Phi) is 6.92.